The third kappa shape index (κ3) is 3.03. The van der Waals surface area contributed by atoms with Gasteiger partial charge in [0.25, 0.3) is 0 Å². The van der Waals surface area contributed by atoms with Crippen LogP contribution >= 0.6 is 35.0 Å². The summed E-state index contributed by atoms with van der Waals surface area (Å²) in [5.74, 6) is -1.03. The van der Waals surface area contributed by atoms with Crippen molar-refractivity contribution >= 4 is 46.5 Å². The van der Waals surface area contributed by atoms with Gasteiger partial charge in [-0.3, -0.25) is 9.59 Å². The van der Waals surface area contributed by atoms with Crippen LogP contribution in [0.4, 0.5) is 0 Å². The Kier molecular flexibility index (Phi) is 5.08. The molecule has 0 amide bonds. The van der Waals surface area contributed by atoms with Crippen molar-refractivity contribution in [3.8, 4) is 0 Å². The highest BCUT2D eigenvalue weighted by atomic mass is 35.5. The summed E-state index contributed by atoms with van der Waals surface area (Å²) in [5, 5.41) is 0.926. The second-order valence-electron chi connectivity index (χ2n) is 5.06. The van der Waals surface area contributed by atoms with Crippen molar-refractivity contribution in [2.24, 2.45) is 0 Å². The van der Waals surface area contributed by atoms with Gasteiger partial charge in [0.1, 0.15) is 0 Å². The van der Waals surface area contributed by atoms with E-state index >= 15 is 0 Å². The van der Waals surface area contributed by atoms with E-state index in [0.717, 1.165) is 0 Å². The molecular formula is C18H12Cl2O4S. The first-order valence-electron chi connectivity index (χ1n) is 7.16. The van der Waals surface area contributed by atoms with Crippen molar-refractivity contribution < 1.29 is 19.1 Å². The maximum Gasteiger partial charge on any atom is 0.233 e. The molecule has 3 rings (SSSR count). The van der Waals surface area contributed by atoms with Gasteiger partial charge in [-0.25, -0.2) is 0 Å². The highest BCUT2D eigenvalue weighted by Gasteiger charge is 2.36. The molecule has 0 spiro atoms. The molecule has 7 heteroatoms. The molecule has 0 aromatic heterocycles. The number of allylic oxidation sites excluding steroid dienone is 2. The molecule has 1 aliphatic carbocycles. The van der Waals surface area contributed by atoms with Gasteiger partial charge in [0.15, 0.2) is 0 Å². The maximum atomic E-state index is 12.8. The van der Waals surface area contributed by atoms with E-state index in [1.807, 2.05) is 0 Å². The van der Waals surface area contributed by atoms with Crippen LogP contribution in [0.5, 0.6) is 0 Å². The fourth-order valence-electron chi connectivity index (χ4n) is 2.54. The molecule has 0 fully saturated rings. The zero-order valence-electron chi connectivity index (χ0n) is 13.3. The number of Topliss-reactive ketones (excluding diaryl/α,β-unsaturated/α-hetero) is 2. The fourth-order valence-corrected chi connectivity index (χ4v) is 4.17. The Hall–Kier alpha value is -1.95. The molecule has 0 bridgehead atoms. The number of rotatable bonds is 4. The second-order valence-corrected chi connectivity index (χ2v) is 6.92. The van der Waals surface area contributed by atoms with Gasteiger partial charge >= 0.3 is 0 Å². The molecule has 0 N–H and O–H groups in total. The molecule has 128 valence electrons. The van der Waals surface area contributed by atoms with E-state index in [2.05, 4.69) is 0 Å². The van der Waals surface area contributed by atoms with Gasteiger partial charge in [-0.05, 0) is 18.2 Å². The summed E-state index contributed by atoms with van der Waals surface area (Å²) in [6.45, 7) is 0. The van der Waals surface area contributed by atoms with Gasteiger partial charge in [0, 0.05) is 15.4 Å². The van der Waals surface area contributed by atoms with E-state index in [1.165, 1.54) is 26.0 Å². The Morgan fingerprint density at radius 1 is 0.840 bits per heavy atom. The Morgan fingerprint density at radius 2 is 1.40 bits per heavy atom. The van der Waals surface area contributed by atoms with Gasteiger partial charge in [0.2, 0.25) is 23.1 Å². The summed E-state index contributed by atoms with van der Waals surface area (Å²) in [7, 11) is 2.65. The van der Waals surface area contributed by atoms with Gasteiger partial charge in [-0.2, -0.15) is 0 Å². The van der Waals surface area contributed by atoms with E-state index in [0.29, 0.717) is 19.8 Å². The zero-order valence-corrected chi connectivity index (χ0v) is 15.6. The third-order valence-corrected chi connectivity index (χ3v) is 5.71. The number of hydrogen-bond acceptors (Lipinski definition) is 5. The summed E-state index contributed by atoms with van der Waals surface area (Å²) in [6.07, 6.45) is 0. The van der Waals surface area contributed by atoms with Gasteiger partial charge in [-0.15, -0.1) is 0 Å². The summed E-state index contributed by atoms with van der Waals surface area (Å²) >= 11 is 13.7. The minimum absolute atomic E-state index is 0.0991. The lowest BCUT2D eigenvalue weighted by Gasteiger charge is -2.21. The van der Waals surface area contributed by atoms with E-state index < -0.39 is 11.6 Å². The molecule has 0 saturated carbocycles. The van der Waals surface area contributed by atoms with E-state index in [1.54, 1.807) is 36.4 Å². The minimum atomic E-state index is -0.416. The SMILES string of the molecule is COC1=C(OC)C(=O)c2c(Sc3c(Cl)cccc3Cl)cccc2C1=O. The lowest BCUT2D eigenvalue weighted by molar-refractivity contribution is 0.0826. The standard InChI is InChI=1S/C18H12Cl2O4S/c1-23-16-14(21)9-5-3-8-12(13(9)15(22)17(16)24-2)25-18-10(19)6-4-7-11(18)20/h3-8H,1-2H3. The van der Waals surface area contributed by atoms with Crippen LogP contribution in [-0.4, -0.2) is 25.8 Å². The first-order valence-corrected chi connectivity index (χ1v) is 8.73. The first-order chi connectivity index (χ1) is 12.0. The molecule has 0 aliphatic heterocycles. The van der Waals surface area contributed by atoms with Crippen LogP contribution < -0.4 is 0 Å². The highest BCUT2D eigenvalue weighted by Crippen LogP contribution is 2.42. The number of benzene rings is 2. The molecule has 0 saturated heterocycles. The molecule has 25 heavy (non-hydrogen) atoms. The molecule has 0 heterocycles. The Bertz CT molecular complexity index is 901. The van der Waals surface area contributed by atoms with Crippen LogP contribution in [0, 0.1) is 0 Å². The highest BCUT2D eigenvalue weighted by molar-refractivity contribution is 7.99. The summed E-state index contributed by atoms with van der Waals surface area (Å²) in [4.78, 5) is 26.7. The van der Waals surface area contributed by atoms with Gasteiger partial charge in [-0.1, -0.05) is 53.2 Å². The third-order valence-electron chi connectivity index (χ3n) is 3.66. The molecule has 0 radical (unpaired) electrons. The van der Waals surface area contributed by atoms with Crippen LogP contribution in [0.3, 0.4) is 0 Å². The number of carbonyl (C=O) groups is 2. The largest absolute Gasteiger partial charge is 0.489 e. The van der Waals surface area contributed by atoms with Crippen molar-refractivity contribution in [2.45, 2.75) is 9.79 Å². The average Bonchev–Trinajstić information content (AvgIpc) is 2.60. The first kappa shape index (κ1) is 17.9. The van der Waals surface area contributed by atoms with E-state index in [9.17, 15) is 9.59 Å². The van der Waals surface area contributed by atoms with Crippen molar-refractivity contribution in [3.05, 3.63) is 69.1 Å². The summed E-state index contributed by atoms with van der Waals surface area (Å²) < 4.78 is 10.2. The lowest BCUT2D eigenvalue weighted by atomic mass is 9.92. The average molecular weight is 395 g/mol. The molecule has 0 atom stereocenters. The van der Waals surface area contributed by atoms with Crippen LogP contribution in [0.2, 0.25) is 10.0 Å². The van der Waals surface area contributed by atoms with Crippen LogP contribution in [0.15, 0.2) is 57.7 Å². The molecule has 1 aliphatic rings. The molecule has 2 aromatic carbocycles. The van der Waals surface area contributed by atoms with Crippen LogP contribution in [0.1, 0.15) is 20.7 Å². The summed E-state index contributed by atoms with van der Waals surface area (Å²) in [5.41, 5.74) is 0.516. The van der Waals surface area contributed by atoms with Crippen molar-refractivity contribution in [3.63, 3.8) is 0 Å². The van der Waals surface area contributed by atoms with Crippen LogP contribution in [-0.2, 0) is 9.47 Å². The predicted molar refractivity (Wildman–Crippen MR) is 96.7 cm³/mol. The second kappa shape index (κ2) is 7.12. The van der Waals surface area contributed by atoms with E-state index in [4.69, 9.17) is 32.7 Å². The normalized spacial score (nSPS) is 13.8. The number of hydrogen-bond donors (Lipinski definition) is 0. The van der Waals surface area contributed by atoms with Gasteiger partial charge < -0.3 is 9.47 Å². The number of ketones is 2. The number of carbonyl (C=O) groups excluding carboxylic acids is 2. The van der Waals surface area contributed by atoms with Crippen molar-refractivity contribution in [2.75, 3.05) is 14.2 Å². The Balaban J connectivity index is 2.16. The molecule has 0 unspecified atom stereocenters. The zero-order chi connectivity index (χ0) is 18.1. The smallest absolute Gasteiger partial charge is 0.233 e. The molecule has 2 aromatic rings. The maximum absolute atomic E-state index is 12.8. The van der Waals surface area contributed by atoms with Gasteiger partial charge in [0.05, 0.1) is 29.8 Å². The quantitative estimate of drug-likeness (QED) is 0.727. The number of methoxy groups -OCH3 is 2. The minimum Gasteiger partial charge on any atom is -0.489 e. The number of ether oxygens (including phenoxy) is 2. The predicted octanol–water partition coefficient (Wildman–Crippen LogP) is 5.03. The number of fused-ring (bicyclic) bond motifs is 1. The summed E-state index contributed by atoms with van der Waals surface area (Å²) in [6, 6.07) is 10.2. The fraction of sp³-hybridized carbons (Fsp3) is 0.111. The molecular weight excluding hydrogens is 383 g/mol. The molecule has 4 nitrogen and oxygen atoms in total. The lowest BCUT2D eigenvalue weighted by Crippen LogP contribution is -2.24. The number of halogens is 2. The monoisotopic (exact) mass is 394 g/mol. The van der Waals surface area contributed by atoms with Crippen molar-refractivity contribution in [1.29, 1.82) is 0 Å². The van der Waals surface area contributed by atoms with Crippen LogP contribution in [0.25, 0.3) is 0 Å². The Labute approximate surface area is 158 Å². The Morgan fingerprint density at radius 3 is 2.00 bits per heavy atom. The van der Waals surface area contributed by atoms with Crippen molar-refractivity contribution in [1.82, 2.24) is 0 Å². The topological polar surface area (TPSA) is 52.6 Å². The van der Waals surface area contributed by atoms with E-state index in [-0.39, 0.29) is 22.6 Å².